The number of likely N-dealkylation sites (N-methyl/N-ethyl adjacent to an activating group) is 1. The van der Waals surface area contributed by atoms with Gasteiger partial charge in [-0.3, -0.25) is 9.79 Å². The molecule has 80 valence electrons. The van der Waals surface area contributed by atoms with E-state index >= 15 is 0 Å². The Morgan fingerprint density at radius 3 is 2.00 bits per heavy atom. The zero-order chi connectivity index (χ0) is 11.7. The van der Waals surface area contributed by atoms with Gasteiger partial charge in [0.05, 0.1) is 0 Å². The van der Waals surface area contributed by atoms with Crippen molar-refractivity contribution in [2.75, 3.05) is 7.05 Å². The lowest BCUT2D eigenvalue weighted by Crippen LogP contribution is -2.20. The zero-order valence-corrected chi connectivity index (χ0v) is 8.66. The van der Waals surface area contributed by atoms with Crippen LogP contribution in [-0.4, -0.2) is 29.9 Å². The van der Waals surface area contributed by atoms with Gasteiger partial charge in [0, 0.05) is 7.05 Å². The van der Waals surface area contributed by atoms with Crippen LogP contribution in [0.25, 0.3) is 0 Å². The average Bonchev–Trinajstić information content (AvgIpc) is 2.21. The van der Waals surface area contributed by atoms with E-state index in [2.05, 4.69) is 23.6 Å². The quantitative estimate of drug-likeness (QED) is 0.278. The normalized spacial score (nSPS) is 10.2. The molecule has 0 radical (unpaired) electrons. The summed E-state index contributed by atoms with van der Waals surface area (Å²) in [6.45, 7) is 10.1. The van der Waals surface area contributed by atoms with E-state index in [4.69, 9.17) is 10.2 Å². The standard InChI is InChI=1S/C7H10N2O3.C2H6/c1-4(10)6(11)5(8-2)7(12)9-3;1-2/h10-11H,1-2H2,3H3,(H,9,12);1-2H3/b6-5+;. The van der Waals surface area contributed by atoms with Crippen LogP contribution in [0.4, 0.5) is 0 Å². The third-order valence-electron chi connectivity index (χ3n) is 1.10. The SMILES string of the molecule is C=N/C(C(=O)NC)=C(/O)C(=C)O.CC. The van der Waals surface area contributed by atoms with Gasteiger partial charge in [0.1, 0.15) is 0 Å². The second-order valence-electron chi connectivity index (χ2n) is 1.88. The maximum absolute atomic E-state index is 10.9. The molecule has 0 bridgehead atoms. The molecule has 0 saturated heterocycles. The van der Waals surface area contributed by atoms with E-state index in [1.54, 1.807) is 0 Å². The summed E-state index contributed by atoms with van der Waals surface area (Å²) >= 11 is 0. The van der Waals surface area contributed by atoms with Crippen molar-refractivity contribution in [1.82, 2.24) is 5.32 Å². The van der Waals surface area contributed by atoms with Gasteiger partial charge in [-0.2, -0.15) is 0 Å². The summed E-state index contributed by atoms with van der Waals surface area (Å²) in [4.78, 5) is 14.1. The molecule has 0 aliphatic rings. The molecular formula is C9H16N2O3. The summed E-state index contributed by atoms with van der Waals surface area (Å²) < 4.78 is 0. The molecule has 14 heavy (non-hydrogen) atoms. The number of rotatable bonds is 3. The fraction of sp³-hybridized carbons (Fsp3) is 0.333. The van der Waals surface area contributed by atoms with Crippen LogP contribution in [-0.2, 0) is 4.79 Å². The number of aliphatic imine (C=N–C) groups is 1. The van der Waals surface area contributed by atoms with Crippen molar-refractivity contribution >= 4 is 12.6 Å². The Bertz CT molecular complexity index is 257. The molecule has 0 aromatic heterocycles. The maximum atomic E-state index is 10.9. The first-order valence-electron chi connectivity index (χ1n) is 4.04. The molecule has 5 nitrogen and oxygen atoms in total. The monoisotopic (exact) mass is 200 g/mol. The van der Waals surface area contributed by atoms with E-state index in [9.17, 15) is 4.79 Å². The van der Waals surface area contributed by atoms with Crippen LogP contribution in [0.15, 0.2) is 28.8 Å². The van der Waals surface area contributed by atoms with Crippen LogP contribution >= 0.6 is 0 Å². The summed E-state index contributed by atoms with van der Waals surface area (Å²) in [7, 11) is 1.36. The van der Waals surface area contributed by atoms with Crippen molar-refractivity contribution in [2.24, 2.45) is 4.99 Å². The lowest BCUT2D eigenvalue weighted by Gasteiger charge is -2.02. The third kappa shape index (κ3) is 4.30. The number of amides is 1. The number of carbonyl (C=O) groups is 1. The van der Waals surface area contributed by atoms with Gasteiger partial charge in [0.15, 0.2) is 17.2 Å². The van der Waals surface area contributed by atoms with Crippen LogP contribution in [0.2, 0.25) is 0 Å². The van der Waals surface area contributed by atoms with Gasteiger partial charge >= 0.3 is 0 Å². The van der Waals surface area contributed by atoms with E-state index in [-0.39, 0.29) is 5.70 Å². The highest BCUT2D eigenvalue weighted by atomic mass is 16.3. The fourth-order valence-corrected chi connectivity index (χ4v) is 0.509. The molecule has 5 heteroatoms. The van der Waals surface area contributed by atoms with Crippen molar-refractivity contribution in [1.29, 1.82) is 0 Å². The molecule has 0 unspecified atom stereocenters. The number of carbonyl (C=O) groups excluding carboxylic acids is 1. The summed E-state index contributed by atoms with van der Waals surface area (Å²) in [6, 6.07) is 0. The Morgan fingerprint density at radius 2 is 1.79 bits per heavy atom. The maximum Gasteiger partial charge on any atom is 0.273 e. The highest BCUT2D eigenvalue weighted by Gasteiger charge is 2.13. The molecule has 0 aromatic carbocycles. The first-order valence-corrected chi connectivity index (χ1v) is 4.04. The van der Waals surface area contributed by atoms with E-state index in [0.717, 1.165) is 0 Å². The molecule has 1 amide bonds. The number of hydrogen-bond acceptors (Lipinski definition) is 4. The van der Waals surface area contributed by atoms with Crippen LogP contribution < -0.4 is 5.32 Å². The molecule has 0 rings (SSSR count). The lowest BCUT2D eigenvalue weighted by molar-refractivity contribution is -0.117. The highest BCUT2D eigenvalue weighted by Crippen LogP contribution is 2.08. The number of aliphatic hydroxyl groups is 2. The predicted molar refractivity (Wildman–Crippen MR) is 56.4 cm³/mol. The van der Waals surface area contributed by atoms with Crippen molar-refractivity contribution in [2.45, 2.75) is 13.8 Å². The van der Waals surface area contributed by atoms with Gasteiger partial charge in [-0.05, 0) is 6.72 Å². The Balaban J connectivity index is 0. The molecule has 0 aliphatic heterocycles. The average molecular weight is 200 g/mol. The summed E-state index contributed by atoms with van der Waals surface area (Å²) in [5, 5.41) is 19.9. The lowest BCUT2D eigenvalue weighted by atomic mass is 10.3. The summed E-state index contributed by atoms with van der Waals surface area (Å²) in [5.74, 6) is -1.94. The number of nitrogens with zero attached hydrogens (tertiary/aromatic N) is 1. The van der Waals surface area contributed by atoms with Crippen molar-refractivity contribution < 1.29 is 15.0 Å². The molecule has 3 N–H and O–H groups in total. The molecular weight excluding hydrogens is 184 g/mol. The minimum Gasteiger partial charge on any atom is -0.505 e. The Morgan fingerprint density at radius 1 is 1.36 bits per heavy atom. The van der Waals surface area contributed by atoms with Crippen LogP contribution in [0.1, 0.15) is 13.8 Å². The molecule has 0 atom stereocenters. The van der Waals surface area contributed by atoms with Crippen LogP contribution in [0, 0.1) is 0 Å². The molecule has 0 heterocycles. The van der Waals surface area contributed by atoms with Gasteiger partial charge in [-0.25, -0.2) is 0 Å². The third-order valence-corrected chi connectivity index (χ3v) is 1.10. The first kappa shape index (κ1) is 14.7. The van der Waals surface area contributed by atoms with E-state index in [1.165, 1.54) is 7.05 Å². The van der Waals surface area contributed by atoms with Gasteiger partial charge in [0.2, 0.25) is 0 Å². The summed E-state index contributed by atoms with van der Waals surface area (Å²) in [6.07, 6.45) is 0. The largest absolute Gasteiger partial charge is 0.505 e. The molecule has 0 aliphatic carbocycles. The number of nitrogens with one attached hydrogen (secondary N) is 1. The van der Waals surface area contributed by atoms with Gasteiger partial charge in [0.25, 0.3) is 5.91 Å². The first-order chi connectivity index (χ1) is 6.54. The Labute approximate surface area is 83.5 Å². The summed E-state index contributed by atoms with van der Waals surface area (Å²) in [5.41, 5.74) is -0.356. The highest BCUT2D eigenvalue weighted by molar-refractivity contribution is 5.94. The predicted octanol–water partition coefficient (Wildman–Crippen LogP) is 1.30. The molecule has 0 fully saturated rings. The number of aliphatic hydroxyl groups excluding tert-OH is 2. The van der Waals surface area contributed by atoms with E-state index in [1.807, 2.05) is 13.8 Å². The van der Waals surface area contributed by atoms with Gasteiger partial charge < -0.3 is 15.5 Å². The van der Waals surface area contributed by atoms with Gasteiger partial charge in [-0.1, -0.05) is 20.4 Å². The Kier molecular flexibility index (Phi) is 8.26. The topological polar surface area (TPSA) is 81.9 Å². The minimum atomic E-state index is -0.677. The second kappa shape index (κ2) is 7.85. The van der Waals surface area contributed by atoms with Gasteiger partial charge in [-0.15, -0.1) is 0 Å². The fourth-order valence-electron chi connectivity index (χ4n) is 0.509. The van der Waals surface area contributed by atoms with Crippen molar-refractivity contribution in [3.05, 3.63) is 23.8 Å². The molecule has 0 saturated carbocycles. The second-order valence-corrected chi connectivity index (χ2v) is 1.88. The Hall–Kier alpha value is -1.78. The van der Waals surface area contributed by atoms with Crippen molar-refractivity contribution in [3.8, 4) is 0 Å². The molecule has 0 aromatic rings. The van der Waals surface area contributed by atoms with E-state index in [0.29, 0.717) is 0 Å². The van der Waals surface area contributed by atoms with Crippen LogP contribution in [0.5, 0.6) is 0 Å². The minimum absolute atomic E-state index is 0.356. The number of hydrogen-bond donors (Lipinski definition) is 3. The molecule has 0 spiro atoms. The van der Waals surface area contributed by atoms with E-state index < -0.39 is 17.4 Å². The smallest absolute Gasteiger partial charge is 0.273 e. The zero-order valence-electron chi connectivity index (χ0n) is 8.66. The van der Waals surface area contributed by atoms with Crippen LogP contribution in [0.3, 0.4) is 0 Å². The van der Waals surface area contributed by atoms with Crippen molar-refractivity contribution in [3.63, 3.8) is 0 Å².